The van der Waals surface area contributed by atoms with E-state index in [4.69, 9.17) is 0 Å². The predicted molar refractivity (Wildman–Crippen MR) is 52.4 cm³/mol. The first-order chi connectivity index (χ1) is 5.86. The highest BCUT2D eigenvalue weighted by atomic mass is 32.2. The topological polar surface area (TPSA) is 46.2 Å². The van der Waals surface area contributed by atoms with Crippen LogP contribution < -0.4 is 5.32 Å². The van der Waals surface area contributed by atoms with E-state index < -0.39 is 9.84 Å². The summed E-state index contributed by atoms with van der Waals surface area (Å²) in [5.74, 6) is 0.702. The van der Waals surface area contributed by atoms with Crippen LogP contribution in [0.1, 0.15) is 26.7 Å². The number of rotatable bonds is 2. The average Bonchev–Trinajstić information content (AvgIpc) is 1.78. The molecule has 1 aliphatic heterocycles. The van der Waals surface area contributed by atoms with Gasteiger partial charge in [0.15, 0.2) is 9.84 Å². The predicted octanol–water partition coefficient (Wildman–Crippen LogP) is 0.562. The molecule has 0 unspecified atom stereocenters. The fourth-order valence-electron chi connectivity index (χ4n) is 2.39. The number of nitrogens with one attached hydrogen (secondary N) is 1. The molecule has 76 valence electrons. The van der Waals surface area contributed by atoms with Gasteiger partial charge in [0, 0.05) is 12.1 Å². The summed E-state index contributed by atoms with van der Waals surface area (Å²) < 4.78 is 21.7. The van der Waals surface area contributed by atoms with E-state index in [1.54, 1.807) is 0 Å². The fraction of sp³-hybridized carbons (Fsp3) is 1.00. The smallest absolute Gasteiger partial charge is 0.153 e. The second kappa shape index (κ2) is 2.70. The van der Waals surface area contributed by atoms with Gasteiger partial charge in [0.05, 0.1) is 11.5 Å². The van der Waals surface area contributed by atoms with E-state index in [0.29, 0.717) is 23.0 Å². The molecule has 0 aromatic rings. The molecule has 2 rings (SSSR count). The lowest BCUT2D eigenvalue weighted by Crippen LogP contribution is -2.58. The zero-order chi connectivity index (χ0) is 9.69. The number of sulfone groups is 1. The molecule has 1 aliphatic carbocycles. The van der Waals surface area contributed by atoms with Crippen molar-refractivity contribution in [2.24, 2.45) is 5.41 Å². The van der Waals surface area contributed by atoms with Gasteiger partial charge < -0.3 is 5.32 Å². The van der Waals surface area contributed by atoms with Crippen molar-refractivity contribution in [2.45, 2.75) is 38.8 Å². The molecule has 4 heteroatoms. The normalized spacial score (nSPS) is 32.2. The van der Waals surface area contributed by atoms with E-state index >= 15 is 0 Å². The van der Waals surface area contributed by atoms with E-state index in [0.717, 1.165) is 0 Å². The van der Waals surface area contributed by atoms with Crippen molar-refractivity contribution < 1.29 is 8.42 Å². The maximum Gasteiger partial charge on any atom is 0.153 e. The monoisotopic (exact) mass is 203 g/mol. The van der Waals surface area contributed by atoms with Crippen molar-refractivity contribution in [2.75, 3.05) is 11.5 Å². The molecule has 0 spiro atoms. The Balaban J connectivity index is 1.72. The quantitative estimate of drug-likeness (QED) is 0.713. The van der Waals surface area contributed by atoms with Gasteiger partial charge >= 0.3 is 0 Å². The van der Waals surface area contributed by atoms with Gasteiger partial charge in [-0.3, -0.25) is 0 Å². The Labute approximate surface area is 79.8 Å². The van der Waals surface area contributed by atoms with Crippen LogP contribution in [0, 0.1) is 5.41 Å². The highest BCUT2D eigenvalue weighted by molar-refractivity contribution is 7.92. The van der Waals surface area contributed by atoms with Gasteiger partial charge in [-0.2, -0.15) is 0 Å². The maximum atomic E-state index is 10.9. The zero-order valence-corrected chi connectivity index (χ0v) is 9.02. The molecule has 0 bridgehead atoms. The Morgan fingerprint density at radius 1 is 1.15 bits per heavy atom. The third-order valence-electron chi connectivity index (χ3n) is 2.98. The average molecular weight is 203 g/mol. The van der Waals surface area contributed by atoms with Crippen molar-refractivity contribution in [3.8, 4) is 0 Å². The van der Waals surface area contributed by atoms with Crippen LogP contribution in [-0.4, -0.2) is 32.0 Å². The molecular formula is C9H17NO2S. The summed E-state index contributed by atoms with van der Waals surface area (Å²) in [6.45, 7) is 4.51. The first kappa shape index (κ1) is 9.46. The van der Waals surface area contributed by atoms with E-state index in [1.807, 2.05) is 0 Å². The lowest BCUT2D eigenvalue weighted by Gasteiger charge is -2.45. The van der Waals surface area contributed by atoms with E-state index in [2.05, 4.69) is 19.2 Å². The summed E-state index contributed by atoms with van der Waals surface area (Å²) in [5.41, 5.74) is 0.473. The van der Waals surface area contributed by atoms with Crippen LogP contribution in [0.3, 0.4) is 0 Å². The van der Waals surface area contributed by atoms with Crippen LogP contribution in [0.2, 0.25) is 0 Å². The third kappa shape index (κ3) is 2.05. The summed E-state index contributed by atoms with van der Waals surface area (Å²) in [7, 11) is -2.65. The molecule has 0 amide bonds. The molecule has 1 saturated carbocycles. The third-order valence-corrected chi connectivity index (χ3v) is 4.80. The summed E-state index contributed by atoms with van der Waals surface area (Å²) in [5, 5.41) is 3.38. The Morgan fingerprint density at radius 2 is 1.69 bits per heavy atom. The Kier molecular flexibility index (Phi) is 1.97. The first-order valence-corrected chi connectivity index (χ1v) is 6.65. The zero-order valence-electron chi connectivity index (χ0n) is 8.21. The maximum absolute atomic E-state index is 10.9. The molecular weight excluding hydrogens is 186 g/mol. The molecule has 1 N–H and O–H groups in total. The number of hydrogen-bond donors (Lipinski definition) is 1. The second-order valence-electron chi connectivity index (χ2n) is 5.21. The SMILES string of the molecule is CC1(C)CC(NC2CS(=O)(=O)C2)C1. The minimum atomic E-state index is -2.65. The van der Waals surface area contributed by atoms with Crippen molar-refractivity contribution in [3.05, 3.63) is 0 Å². The van der Waals surface area contributed by atoms with Gasteiger partial charge in [0.2, 0.25) is 0 Å². The molecule has 0 aromatic heterocycles. The molecule has 2 fully saturated rings. The number of hydrogen-bond acceptors (Lipinski definition) is 3. The Bertz CT molecular complexity index is 288. The minimum absolute atomic E-state index is 0.242. The second-order valence-corrected chi connectivity index (χ2v) is 7.36. The van der Waals surface area contributed by atoms with Crippen LogP contribution in [0.25, 0.3) is 0 Å². The highest BCUT2D eigenvalue weighted by Gasteiger charge is 2.40. The summed E-state index contributed by atoms with van der Waals surface area (Å²) in [4.78, 5) is 0. The minimum Gasteiger partial charge on any atom is -0.309 e. The van der Waals surface area contributed by atoms with E-state index in [-0.39, 0.29) is 6.04 Å². The van der Waals surface area contributed by atoms with Gasteiger partial charge in [0.25, 0.3) is 0 Å². The van der Waals surface area contributed by atoms with Crippen LogP contribution in [0.15, 0.2) is 0 Å². The van der Waals surface area contributed by atoms with Crippen molar-refractivity contribution >= 4 is 9.84 Å². The summed E-state index contributed by atoms with van der Waals surface area (Å²) in [6, 6.07) is 0.807. The van der Waals surface area contributed by atoms with Gasteiger partial charge in [0.1, 0.15) is 0 Å². The van der Waals surface area contributed by atoms with Crippen LogP contribution in [0.4, 0.5) is 0 Å². The molecule has 3 nitrogen and oxygen atoms in total. The van der Waals surface area contributed by atoms with Crippen LogP contribution >= 0.6 is 0 Å². The molecule has 0 radical (unpaired) electrons. The first-order valence-electron chi connectivity index (χ1n) is 4.83. The summed E-state index contributed by atoms with van der Waals surface area (Å²) >= 11 is 0. The van der Waals surface area contributed by atoms with Crippen LogP contribution in [0.5, 0.6) is 0 Å². The van der Waals surface area contributed by atoms with Crippen molar-refractivity contribution in [1.82, 2.24) is 5.32 Å². The fourth-order valence-corrected chi connectivity index (χ4v) is 3.71. The molecule has 0 atom stereocenters. The van der Waals surface area contributed by atoms with E-state index in [1.165, 1.54) is 12.8 Å². The van der Waals surface area contributed by atoms with Gasteiger partial charge in [-0.05, 0) is 18.3 Å². The molecule has 0 aromatic carbocycles. The van der Waals surface area contributed by atoms with Crippen LogP contribution in [-0.2, 0) is 9.84 Å². The van der Waals surface area contributed by atoms with Gasteiger partial charge in [-0.1, -0.05) is 13.8 Å². The van der Waals surface area contributed by atoms with Gasteiger partial charge in [-0.15, -0.1) is 0 Å². The largest absolute Gasteiger partial charge is 0.309 e. The lowest BCUT2D eigenvalue weighted by atomic mass is 9.68. The molecule has 2 aliphatic rings. The molecule has 13 heavy (non-hydrogen) atoms. The standard InChI is InChI=1S/C9H17NO2S/c1-9(2)3-7(4-9)10-8-5-13(11,12)6-8/h7-8,10H,3-6H2,1-2H3. The Hall–Kier alpha value is -0.0900. The van der Waals surface area contributed by atoms with Crippen molar-refractivity contribution in [1.29, 1.82) is 0 Å². The lowest BCUT2D eigenvalue weighted by molar-refractivity contribution is 0.119. The highest BCUT2D eigenvalue weighted by Crippen LogP contribution is 2.40. The Morgan fingerprint density at radius 3 is 2.08 bits per heavy atom. The molecule has 1 heterocycles. The van der Waals surface area contributed by atoms with Crippen molar-refractivity contribution in [3.63, 3.8) is 0 Å². The summed E-state index contributed by atoms with van der Waals surface area (Å²) in [6.07, 6.45) is 2.37. The van der Waals surface area contributed by atoms with E-state index in [9.17, 15) is 8.42 Å². The molecule has 1 saturated heterocycles. The van der Waals surface area contributed by atoms with Gasteiger partial charge in [-0.25, -0.2) is 8.42 Å².